The summed E-state index contributed by atoms with van der Waals surface area (Å²) in [6.07, 6.45) is 4.41. The molecule has 6 heteroatoms. The predicted octanol–water partition coefficient (Wildman–Crippen LogP) is 2.37. The Morgan fingerprint density at radius 3 is 2.43 bits per heavy atom. The quantitative estimate of drug-likeness (QED) is 0.872. The zero-order chi connectivity index (χ0) is 16.7. The normalized spacial score (nSPS) is 16.0. The Labute approximate surface area is 135 Å². The van der Waals surface area contributed by atoms with Crippen molar-refractivity contribution in [1.29, 1.82) is 5.26 Å². The Kier molecular flexibility index (Phi) is 5.58. The third-order valence-electron chi connectivity index (χ3n) is 3.84. The molecule has 6 nitrogen and oxygen atoms in total. The highest BCUT2D eigenvalue weighted by molar-refractivity contribution is 5.88. The lowest BCUT2D eigenvalue weighted by atomic mass is 9.83. The van der Waals surface area contributed by atoms with E-state index in [4.69, 9.17) is 4.74 Å². The monoisotopic (exact) mass is 315 g/mol. The second-order valence-corrected chi connectivity index (χ2v) is 5.80. The molecule has 2 rings (SSSR count). The first-order chi connectivity index (χ1) is 11.0. The number of hydrogen-bond donors (Lipinski definition) is 2. The van der Waals surface area contributed by atoms with Gasteiger partial charge in [0, 0.05) is 12.6 Å². The van der Waals surface area contributed by atoms with Crippen LogP contribution in [0.4, 0.5) is 5.69 Å². The number of carbonyl (C=O) groups excluding carboxylic acids is 2. The van der Waals surface area contributed by atoms with Crippen molar-refractivity contribution in [2.45, 2.75) is 44.6 Å². The van der Waals surface area contributed by atoms with E-state index in [-0.39, 0.29) is 18.4 Å². The summed E-state index contributed by atoms with van der Waals surface area (Å²) in [5, 5.41) is 14.8. The molecule has 0 atom stereocenters. The largest absolute Gasteiger partial charge is 0.484 e. The van der Waals surface area contributed by atoms with Crippen LogP contribution in [0.3, 0.4) is 0 Å². The first kappa shape index (κ1) is 16.8. The van der Waals surface area contributed by atoms with Gasteiger partial charge < -0.3 is 15.4 Å². The van der Waals surface area contributed by atoms with Gasteiger partial charge in [0.25, 0.3) is 5.91 Å². The van der Waals surface area contributed by atoms with Crippen LogP contribution in [0.2, 0.25) is 0 Å². The van der Waals surface area contributed by atoms with Crippen molar-refractivity contribution in [1.82, 2.24) is 5.32 Å². The van der Waals surface area contributed by atoms with Crippen LogP contribution in [0.25, 0.3) is 0 Å². The van der Waals surface area contributed by atoms with E-state index in [0.717, 1.165) is 19.3 Å². The van der Waals surface area contributed by atoms with Gasteiger partial charge in [0.2, 0.25) is 5.91 Å². The lowest BCUT2D eigenvalue weighted by Crippen LogP contribution is -2.50. The number of carbonyl (C=O) groups is 2. The average Bonchev–Trinajstić information content (AvgIpc) is 2.54. The number of nitrogens with zero attached hydrogens (tertiary/aromatic N) is 1. The molecule has 0 spiro atoms. The first-order valence-electron chi connectivity index (χ1n) is 7.76. The molecule has 2 amide bonds. The Hall–Kier alpha value is -2.55. The predicted molar refractivity (Wildman–Crippen MR) is 85.8 cm³/mol. The Morgan fingerprint density at radius 1 is 1.22 bits per heavy atom. The van der Waals surface area contributed by atoms with Gasteiger partial charge in [0.1, 0.15) is 11.3 Å². The van der Waals surface area contributed by atoms with Crippen molar-refractivity contribution in [2.24, 2.45) is 0 Å². The van der Waals surface area contributed by atoms with Gasteiger partial charge in [-0.2, -0.15) is 5.26 Å². The zero-order valence-corrected chi connectivity index (χ0v) is 13.2. The zero-order valence-electron chi connectivity index (χ0n) is 13.2. The van der Waals surface area contributed by atoms with E-state index < -0.39 is 5.54 Å². The fourth-order valence-corrected chi connectivity index (χ4v) is 2.71. The molecule has 0 aliphatic heterocycles. The summed E-state index contributed by atoms with van der Waals surface area (Å²) in [4.78, 5) is 23.0. The molecule has 1 aromatic carbocycles. The molecule has 1 aliphatic rings. The van der Waals surface area contributed by atoms with Gasteiger partial charge in [-0.1, -0.05) is 19.3 Å². The third kappa shape index (κ3) is 4.99. The van der Waals surface area contributed by atoms with Crippen LogP contribution >= 0.6 is 0 Å². The van der Waals surface area contributed by atoms with Gasteiger partial charge in [0.15, 0.2) is 6.61 Å². The van der Waals surface area contributed by atoms with Gasteiger partial charge >= 0.3 is 0 Å². The fourth-order valence-electron chi connectivity index (χ4n) is 2.71. The van der Waals surface area contributed by atoms with Crippen LogP contribution in [0.15, 0.2) is 24.3 Å². The van der Waals surface area contributed by atoms with Gasteiger partial charge in [-0.25, -0.2) is 0 Å². The molecule has 0 radical (unpaired) electrons. The summed E-state index contributed by atoms with van der Waals surface area (Å²) in [6.45, 7) is 1.30. The number of benzene rings is 1. The summed E-state index contributed by atoms with van der Waals surface area (Å²) in [5.41, 5.74) is -0.0755. The minimum Gasteiger partial charge on any atom is -0.484 e. The lowest BCUT2D eigenvalue weighted by molar-refractivity contribution is -0.124. The highest BCUT2D eigenvalue weighted by atomic mass is 16.5. The van der Waals surface area contributed by atoms with Crippen LogP contribution < -0.4 is 15.4 Å². The number of hydrogen-bond acceptors (Lipinski definition) is 4. The van der Waals surface area contributed by atoms with E-state index in [0.29, 0.717) is 24.3 Å². The molecule has 0 saturated heterocycles. The van der Waals surface area contributed by atoms with Crippen LogP contribution in [0.5, 0.6) is 5.75 Å². The summed E-state index contributed by atoms with van der Waals surface area (Å²) in [6, 6.07) is 9.01. The SMILES string of the molecule is CC(=O)Nc1ccc(OCC(=O)NC2(C#N)CCCCC2)cc1. The van der Waals surface area contributed by atoms with E-state index in [1.54, 1.807) is 24.3 Å². The highest BCUT2D eigenvalue weighted by Gasteiger charge is 2.33. The maximum absolute atomic E-state index is 12.0. The smallest absolute Gasteiger partial charge is 0.259 e. The van der Waals surface area contributed by atoms with Crippen LogP contribution in [0, 0.1) is 11.3 Å². The van der Waals surface area contributed by atoms with Crippen molar-refractivity contribution < 1.29 is 14.3 Å². The molecule has 0 bridgehead atoms. The van der Waals surface area contributed by atoms with E-state index in [2.05, 4.69) is 16.7 Å². The molecule has 23 heavy (non-hydrogen) atoms. The Balaban J connectivity index is 1.84. The van der Waals surface area contributed by atoms with Crippen molar-refractivity contribution in [2.75, 3.05) is 11.9 Å². The summed E-state index contributed by atoms with van der Waals surface area (Å²) < 4.78 is 5.42. The number of amides is 2. The number of anilines is 1. The van der Waals surface area contributed by atoms with Crippen molar-refractivity contribution in [3.8, 4) is 11.8 Å². The second kappa shape index (κ2) is 7.63. The van der Waals surface area contributed by atoms with Gasteiger partial charge in [0.05, 0.1) is 6.07 Å². The van der Waals surface area contributed by atoms with Crippen molar-refractivity contribution in [3.05, 3.63) is 24.3 Å². The molecule has 0 aromatic heterocycles. The molecule has 1 saturated carbocycles. The van der Waals surface area contributed by atoms with Crippen LogP contribution in [-0.2, 0) is 9.59 Å². The molecule has 1 aromatic rings. The van der Waals surface area contributed by atoms with E-state index in [9.17, 15) is 14.9 Å². The summed E-state index contributed by atoms with van der Waals surface area (Å²) in [7, 11) is 0. The number of ether oxygens (including phenoxy) is 1. The fraction of sp³-hybridized carbons (Fsp3) is 0.471. The molecule has 1 fully saturated rings. The van der Waals surface area contributed by atoms with Crippen LogP contribution in [0.1, 0.15) is 39.0 Å². The Morgan fingerprint density at radius 2 is 1.87 bits per heavy atom. The average molecular weight is 315 g/mol. The van der Waals surface area contributed by atoms with Gasteiger partial charge in [-0.15, -0.1) is 0 Å². The molecule has 2 N–H and O–H groups in total. The lowest BCUT2D eigenvalue weighted by Gasteiger charge is -2.31. The topological polar surface area (TPSA) is 91.2 Å². The van der Waals surface area contributed by atoms with Crippen molar-refractivity contribution in [3.63, 3.8) is 0 Å². The third-order valence-corrected chi connectivity index (χ3v) is 3.84. The molecule has 0 heterocycles. The summed E-state index contributed by atoms with van der Waals surface area (Å²) in [5.74, 6) is 0.0932. The van der Waals surface area contributed by atoms with Crippen LogP contribution in [-0.4, -0.2) is 24.0 Å². The molecule has 0 unspecified atom stereocenters. The van der Waals surface area contributed by atoms with E-state index in [1.807, 2.05) is 0 Å². The maximum atomic E-state index is 12.0. The molecule has 122 valence electrons. The first-order valence-corrected chi connectivity index (χ1v) is 7.76. The van der Waals surface area contributed by atoms with E-state index in [1.165, 1.54) is 6.92 Å². The summed E-state index contributed by atoms with van der Waals surface area (Å²) >= 11 is 0. The minimum absolute atomic E-state index is 0.136. The van der Waals surface area contributed by atoms with E-state index >= 15 is 0 Å². The minimum atomic E-state index is -0.742. The van der Waals surface area contributed by atoms with Crippen molar-refractivity contribution >= 4 is 17.5 Å². The molecular formula is C17H21N3O3. The highest BCUT2D eigenvalue weighted by Crippen LogP contribution is 2.27. The van der Waals surface area contributed by atoms with Gasteiger partial charge in [-0.3, -0.25) is 9.59 Å². The maximum Gasteiger partial charge on any atom is 0.259 e. The van der Waals surface area contributed by atoms with Gasteiger partial charge in [-0.05, 0) is 37.1 Å². The Bertz CT molecular complexity index is 599. The second-order valence-electron chi connectivity index (χ2n) is 5.80. The molecular weight excluding hydrogens is 294 g/mol. The number of nitrogens with one attached hydrogen (secondary N) is 2. The molecule has 1 aliphatic carbocycles. The standard InChI is InChI=1S/C17H21N3O3/c1-13(21)19-14-5-7-15(8-6-14)23-11-16(22)20-17(12-18)9-3-2-4-10-17/h5-8H,2-4,9-11H2,1H3,(H,19,21)(H,20,22). The number of nitriles is 1. The number of rotatable bonds is 5.